The van der Waals surface area contributed by atoms with Crippen LogP contribution in [0.4, 0.5) is 0 Å². The van der Waals surface area contributed by atoms with E-state index in [-0.39, 0.29) is 6.10 Å². The Bertz CT molecular complexity index is 1060. The van der Waals surface area contributed by atoms with E-state index >= 15 is 0 Å². The Morgan fingerprint density at radius 1 is 1.21 bits per heavy atom. The molecule has 6 unspecified atom stereocenters. The molecule has 3 nitrogen and oxygen atoms in total. The van der Waals surface area contributed by atoms with Crippen molar-refractivity contribution in [2.75, 3.05) is 0 Å². The van der Waals surface area contributed by atoms with Gasteiger partial charge in [-0.25, -0.2) is 4.21 Å². The van der Waals surface area contributed by atoms with Crippen LogP contribution < -0.4 is 5.14 Å². The van der Waals surface area contributed by atoms with Gasteiger partial charge < -0.3 is 5.11 Å². The summed E-state index contributed by atoms with van der Waals surface area (Å²) in [6, 6.07) is 9.44. The zero-order valence-corrected chi connectivity index (χ0v) is 21.9. The molecule has 0 spiro atoms. The van der Waals surface area contributed by atoms with Gasteiger partial charge in [0, 0.05) is 4.90 Å². The molecule has 3 N–H and O–H groups in total. The molecule has 0 aliphatic heterocycles. The molecule has 3 aliphatic rings. The third-order valence-electron chi connectivity index (χ3n) is 9.01. The Hall–Kier alpha value is -1.62. The predicted octanol–water partition coefficient (Wildman–Crippen LogP) is 6.59. The number of benzene rings is 1. The zero-order valence-electron chi connectivity index (χ0n) is 21.0. The second-order valence-corrected chi connectivity index (χ2v) is 13.3. The number of hydrogen-bond acceptors (Lipinski definition) is 2. The first-order valence-electron chi connectivity index (χ1n) is 13.2. The van der Waals surface area contributed by atoms with E-state index in [1.54, 1.807) is 5.57 Å². The summed E-state index contributed by atoms with van der Waals surface area (Å²) in [6.45, 7) is 9.15. The number of rotatable bonds is 6. The van der Waals surface area contributed by atoms with Crippen LogP contribution in [0.2, 0.25) is 0 Å². The first kappa shape index (κ1) is 25.5. The quantitative estimate of drug-likeness (QED) is 0.450. The van der Waals surface area contributed by atoms with Gasteiger partial charge in [0.2, 0.25) is 0 Å². The third kappa shape index (κ3) is 5.45. The Balaban J connectivity index is 1.43. The Morgan fingerprint density at radius 3 is 2.74 bits per heavy atom. The van der Waals surface area contributed by atoms with Gasteiger partial charge in [0.1, 0.15) is 0 Å². The lowest BCUT2D eigenvalue weighted by Gasteiger charge is -2.44. The highest BCUT2D eigenvalue weighted by Crippen LogP contribution is 2.59. The standard InChI is InChI=1S/C30H43NO2S/c1-22-13-16-26(32)21-25(22)15-14-24-10-7-19-30(3)28(17-18-29(24)30)23(2)9-8-20-34(31,33)27-11-5-4-6-12-27/h4-6,11-12,14-15,20,23,26,28-29,32H,1,7-10,13,16-19,21H2,2-3H3,(H2,31,33). The average Bonchev–Trinajstić information content (AvgIpc) is 3.17. The van der Waals surface area contributed by atoms with Crippen molar-refractivity contribution in [3.05, 3.63) is 65.8 Å². The smallest absolute Gasteiger partial charge is 0.0583 e. The Labute approximate surface area is 207 Å². The molecule has 4 rings (SSSR count). The maximum atomic E-state index is 13.0. The van der Waals surface area contributed by atoms with Crippen molar-refractivity contribution in [1.82, 2.24) is 0 Å². The summed E-state index contributed by atoms with van der Waals surface area (Å²) in [5.41, 5.74) is 4.38. The van der Waals surface area contributed by atoms with Crippen LogP contribution >= 0.6 is 0 Å². The van der Waals surface area contributed by atoms with Crippen molar-refractivity contribution in [3.63, 3.8) is 0 Å². The molecule has 0 amide bonds. The molecule has 0 saturated heterocycles. The SMILES string of the molecule is C=C1CCC(O)CC1=CC=C1CCCC2(C)C1CCC2C(C)CCC=S(N)(=O)c1ccccc1. The van der Waals surface area contributed by atoms with Crippen molar-refractivity contribution >= 4 is 15.1 Å². The molecule has 186 valence electrons. The normalized spacial score (nSPS) is 34.6. The van der Waals surface area contributed by atoms with Crippen LogP contribution in [0.1, 0.15) is 78.1 Å². The zero-order chi connectivity index (χ0) is 24.3. The molecule has 3 aliphatic carbocycles. The summed E-state index contributed by atoms with van der Waals surface area (Å²) in [5, 5.41) is 18.1. The van der Waals surface area contributed by atoms with Crippen LogP contribution in [0.5, 0.6) is 0 Å². The minimum atomic E-state index is -2.57. The van der Waals surface area contributed by atoms with Gasteiger partial charge in [0.15, 0.2) is 0 Å². The van der Waals surface area contributed by atoms with Crippen molar-refractivity contribution < 1.29 is 9.32 Å². The fourth-order valence-corrected chi connectivity index (χ4v) is 8.31. The second kappa shape index (κ2) is 10.6. The van der Waals surface area contributed by atoms with E-state index in [0.29, 0.717) is 23.2 Å². The third-order valence-corrected chi connectivity index (χ3v) is 10.8. The summed E-state index contributed by atoms with van der Waals surface area (Å²) >= 11 is 0. The molecular formula is C30H43NO2S. The number of fused-ring (bicyclic) bond motifs is 1. The van der Waals surface area contributed by atoms with Gasteiger partial charge in [-0.3, -0.25) is 5.14 Å². The van der Waals surface area contributed by atoms with E-state index in [9.17, 15) is 9.32 Å². The van der Waals surface area contributed by atoms with Gasteiger partial charge >= 0.3 is 0 Å². The van der Waals surface area contributed by atoms with Gasteiger partial charge in [0.25, 0.3) is 0 Å². The van der Waals surface area contributed by atoms with E-state index in [1.807, 2.05) is 35.7 Å². The summed E-state index contributed by atoms with van der Waals surface area (Å²) in [6.07, 6.45) is 15.0. The van der Waals surface area contributed by atoms with E-state index in [4.69, 9.17) is 5.14 Å². The lowest BCUT2D eigenvalue weighted by Crippen LogP contribution is -2.36. The Morgan fingerprint density at radius 2 is 1.97 bits per heavy atom. The highest BCUT2D eigenvalue weighted by atomic mass is 32.2. The van der Waals surface area contributed by atoms with E-state index < -0.39 is 9.71 Å². The highest BCUT2D eigenvalue weighted by molar-refractivity contribution is 7.99. The number of aliphatic hydroxyl groups excluding tert-OH is 1. The van der Waals surface area contributed by atoms with Crippen LogP contribution in [0, 0.1) is 23.2 Å². The van der Waals surface area contributed by atoms with E-state index in [2.05, 4.69) is 32.6 Å². The summed E-state index contributed by atoms with van der Waals surface area (Å²) in [7, 11) is -2.57. The number of aliphatic hydroxyl groups is 1. The molecule has 4 heteroatoms. The van der Waals surface area contributed by atoms with Crippen LogP contribution in [0.3, 0.4) is 0 Å². The highest BCUT2D eigenvalue weighted by Gasteiger charge is 2.50. The van der Waals surface area contributed by atoms with Crippen LogP contribution in [-0.2, 0) is 9.71 Å². The van der Waals surface area contributed by atoms with E-state index in [1.165, 1.54) is 43.3 Å². The maximum absolute atomic E-state index is 13.0. The van der Waals surface area contributed by atoms with Crippen molar-refractivity contribution in [3.8, 4) is 0 Å². The Kier molecular flexibility index (Phi) is 7.91. The molecule has 0 aromatic heterocycles. The van der Waals surface area contributed by atoms with Crippen LogP contribution in [-0.4, -0.2) is 20.8 Å². The first-order chi connectivity index (χ1) is 16.2. The first-order valence-corrected chi connectivity index (χ1v) is 14.9. The van der Waals surface area contributed by atoms with Crippen LogP contribution in [0.25, 0.3) is 0 Å². The lowest BCUT2D eigenvalue weighted by atomic mass is 9.61. The molecule has 1 aromatic carbocycles. The van der Waals surface area contributed by atoms with Gasteiger partial charge in [-0.15, -0.1) is 0 Å². The average molecular weight is 482 g/mol. The van der Waals surface area contributed by atoms with Gasteiger partial charge in [-0.05, 0) is 110 Å². The van der Waals surface area contributed by atoms with Crippen molar-refractivity contribution in [2.24, 2.45) is 28.3 Å². The number of hydrogen-bond donors (Lipinski definition) is 2. The monoisotopic (exact) mass is 481 g/mol. The molecule has 0 bridgehead atoms. The summed E-state index contributed by atoms with van der Waals surface area (Å²) < 4.78 is 13.0. The van der Waals surface area contributed by atoms with Crippen molar-refractivity contribution in [2.45, 2.75) is 89.1 Å². The fraction of sp³-hybridized carbons (Fsp3) is 0.567. The number of nitrogens with two attached hydrogens (primary N) is 1. The second-order valence-electron chi connectivity index (χ2n) is 11.2. The predicted molar refractivity (Wildman–Crippen MR) is 145 cm³/mol. The number of allylic oxidation sites excluding steroid dienone is 4. The summed E-state index contributed by atoms with van der Waals surface area (Å²) in [5.74, 6) is 1.93. The molecule has 3 fully saturated rings. The fourth-order valence-electron chi connectivity index (χ4n) is 7.05. The van der Waals surface area contributed by atoms with Gasteiger partial charge in [0.05, 0.1) is 15.8 Å². The molecule has 3 saturated carbocycles. The molecule has 34 heavy (non-hydrogen) atoms. The molecule has 0 radical (unpaired) electrons. The minimum Gasteiger partial charge on any atom is -0.393 e. The molecular weight excluding hydrogens is 438 g/mol. The van der Waals surface area contributed by atoms with E-state index in [0.717, 1.165) is 37.0 Å². The molecule has 0 heterocycles. The topological polar surface area (TPSA) is 63.3 Å². The van der Waals surface area contributed by atoms with Crippen LogP contribution in [0.15, 0.2) is 70.7 Å². The lowest BCUT2D eigenvalue weighted by molar-refractivity contribution is 0.0952. The largest absolute Gasteiger partial charge is 0.393 e. The summed E-state index contributed by atoms with van der Waals surface area (Å²) in [4.78, 5) is 0.722. The molecule has 1 aromatic rings. The maximum Gasteiger partial charge on any atom is 0.0583 e. The van der Waals surface area contributed by atoms with Crippen molar-refractivity contribution in [1.29, 1.82) is 0 Å². The molecule has 6 atom stereocenters. The minimum absolute atomic E-state index is 0.217. The van der Waals surface area contributed by atoms with Gasteiger partial charge in [-0.2, -0.15) is 0 Å². The van der Waals surface area contributed by atoms with Gasteiger partial charge in [-0.1, -0.05) is 61.9 Å².